The number of benzene rings is 1. The lowest BCUT2D eigenvalue weighted by atomic mass is 10.0. The van der Waals surface area contributed by atoms with Gasteiger partial charge in [-0.05, 0) is 45.5 Å². The first-order chi connectivity index (χ1) is 9.20. The number of ether oxygens (including phenoxy) is 1. The van der Waals surface area contributed by atoms with E-state index in [0.717, 1.165) is 18.8 Å². The topological polar surface area (TPSA) is 24.5 Å². The Labute approximate surface area is 114 Å². The quantitative estimate of drug-likeness (QED) is 0.886. The minimum absolute atomic E-state index is 0.260. The maximum atomic E-state index is 13.2. The highest BCUT2D eigenvalue weighted by atomic mass is 19.1. The minimum Gasteiger partial charge on any atom is -0.492 e. The monoisotopic (exact) mass is 266 g/mol. The molecule has 19 heavy (non-hydrogen) atoms. The van der Waals surface area contributed by atoms with Gasteiger partial charge in [0.15, 0.2) is 0 Å². The van der Waals surface area contributed by atoms with Crippen molar-refractivity contribution in [1.82, 2.24) is 4.90 Å². The van der Waals surface area contributed by atoms with Gasteiger partial charge in [0.05, 0.1) is 12.3 Å². The van der Waals surface area contributed by atoms with E-state index in [2.05, 4.69) is 17.3 Å². The molecule has 0 aromatic heterocycles. The van der Waals surface area contributed by atoms with Crippen molar-refractivity contribution in [1.29, 1.82) is 0 Å². The number of likely N-dealkylation sites (N-methyl/N-ethyl adjacent to an activating group) is 1. The zero-order valence-corrected chi connectivity index (χ0v) is 11.8. The molecule has 0 bridgehead atoms. The van der Waals surface area contributed by atoms with Crippen molar-refractivity contribution < 1.29 is 9.13 Å². The van der Waals surface area contributed by atoms with Crippen molar-refractivity contribution in [2.75, 3.05) is 32.1 Å². The fourth-order valence-corrected chi connectivity index (χ4v) is 2.55. The molecule has 0 amide bonds. The molecule has 0 spiro atoms. The number of nitrogens with one attached hydrogen (secondary N) is 1. The maximum absolute atomic E-state index is 13.2. The predicted molar refractivity (Wildman–Crippen MR) is 76.3 cm³/mol. The van der Waals surface area contributed by atoms with E-state index in [9.17, 15) is 4.39 Å². The van der Waals surface area contributed by atoms with Crippen LogP contribution >= 0.6 is 0 Å². The van der Waals surface area contributed by atoms with E-state index in [1.807, 2.05) is 6.92 Å². The second-order valence-electron chi connectivity index (χ2n) is 5.08. The molecule has 1 fully saturated rings. The Balaban J connectivity index is 1.98. The second kappa shape index (κ2) is 6.75. The summed E-state index contributed by atoms with van der Waals surface area (Å²) in [6.45, 7) is 4.49. The molecular weight excluding hydrogens is 243 g/mol. The number of piperidine rings is 1. The van der Waals surface area contributed by atoms with Gasteiger partial charge in [-0.15, -0.1) is 0 Å². The van der Waals surface area contributed by atoms with Crippen molar-refractivity contribution in [3.8, 4) is 5.75 Å². The molecule has 0 aliphatic carbocycles. The fourth-order valence-electron chi connectivity index (χ4n) is 2.55. The first kappa shape index (κ1) is 14.1. The van der Waals surface area contributed by atoms with E-state index >= 15 is 0 Å². The molecule has 1 heterocycles. The number of hydrogen-bond acceptors (Lipinski definition) is 3. The molecule has 106 valence electrons. The molecule has 3 nitrogen and oxygen atoms in total. The van der Waals surface area contributed by atoms with Crippen LogP contribution in [0.3, 0.4) is 0 Å². The van der Waals surface area contributed by atoms with Crippen LogP contribution in [0.25, 0.3) is 0 Å². The highest BCUT2D eigenvalue weighted by Crippen LogP contribution is 2.26. The summed E-state index contributed by atoms with van der Waals surface area (Å²) >= 11 is 0. The van der Waals surface area contributed by atoms with Gasteiger partial charge in [0, 0.05) is 18.7 Å². The van der Waals surface area contributed by atoms with E-state index in [1.54, 1.807) is 6.07 Å². The van der Waals surface area contributed by atoms with Crippen LogP contribution in [0.1, 0.15) is 26.2 Å². The lowest BCUT2D eigenvalue weighted by Crippen LogP contribution is -2.40. The van der Waals surface area contributed by atoms with Gasteiger partial charge in [0.1, 0.15) is 11.6 Å². The van der Waals surface area contributed by atoms with Crippen LogP contribution in [0.4, 0.5) is 10.1 Å². The summed E-state index contributed by atoms with van der Waals surface area (Å²) in [5, 5.41) is 3.39. The molecule has 1 saturated heterocycles. The molecule has 4 heteroatoms. The van der Waals surface area contributed by atoms with Gasteiger partial charge < -0.3 is 15.0 Å². The van der Waals surface area contributed by atoms with Gasteiger partial charge in [-0.1, -0.05) is 6.42 Å². The molecule has 1 aromatic rings. The molecule has 2 rings (SSSR count). The highest BCUT2D eigenvalue weighted by molar-refractivity contribution is 5.56. The summed E-state index contributed by atoms with van der Waals surface area (Å²) in [7, 11) is 2.17. The zero-order valence-electron chi connectivity index (χ0n) is 11.8. The number of rotatable bonds is 5. The zero-order chi connectivity index (χ0) is 13.7. The first-order valence-electron chi connectivity index (χ1n) is 7.07. The molecule has 1 atom stereocenters. The Bertz CT molecular complexity index is 411. The van der Waals surface area contributed by atoms with Gasteiger partial charge >= 0.3 is 0 Å². The van der Waals surface area contributed by atoms with Crippen LogP contribution in [0.5, 0.6) is 5.75 Å². The predicted octanol–water partition coefficient (Wildman–Crippen LogP) is 3.12. The van der Waals surface area contributed by atoms with Crippen molar-refractivity contribution >= 4 is 5.69 Å². The molecule has 1 aromatic carbocycles. The highest BCUT2D eigenvalue weighted by Gasteiger charge is 2.18. The molecule has 1 aliphatic rings. The Morgan fingerprint density at radius 3 is 3.00 bits per heavy atom. The summed E-state index contributed by atoms with van der Waals surface area (Å²) < 4.78 is 18.7. The number of hydrogen-bond donors (Lipinski definition) is 1. The van der Waals surface area contributed by atoms with Crippen LogP contribution < -0.4 is 10.1 Å². The van der Waals surface area contributed by atoms with Crippen molar-refractivity contribution in [2.45, 2.75) is 32.2 Å². The Hall–Kier alpha value is -1.29. The number of nitrogens with zero attached hydrogens (tertiary/aromatic N) is 1. The van der Waals surface area contributed by atoms with Crippen LogP contribution in [0.2, 0.25) is 0 Å². The number of anilines is 1. The number of halogens is 1. The van der Waals surface area contributed by atoms with Crippen LogP contribution in [-0.2, 0) is 0 Å². The average Bonchev–Trinajstić information content (AvgIpc) is 2.40. The third kappa shape index (κ3) is 3.83. The summed E-state index contributed by atoms with van der Waals surface area (Å²) in [5.74, 6) is 0.338. The lowest BCUT2D eigenvalue weighted by molar-refractivity contribution is 0.194. The summed E-state index contributed by atoms with van der Waals surface area (Å²) in [5.41, 5.74) is 0.877. The number of likely N-dealkylation sites (tertiary alicyclic amines) is 1. The third-order valence-corrected chi connectivity index (χ3v) is 3.69. The SMILES string of the molecule is CCOc1cc(F)ccc1NCC1CCCCN1C. The van der Waals surface area contributed by atoms with Gasteiger partial charge in [-0.3, -0.25) is 0 Å². The van der Waals surface area contributed by atoms with E-state index in [4.69, 9.17) is 4.74 Å². The Morgan fingerprint density at radius 2 is 2.26 bits per heavy atom. The van der Waals surface area contributed by atoms with Gasteiger partial charge in [0.25, 0.3) is 0 Å². The normalized spacial score (nSPS) is 20.3. The fraction of sp³-hybridized carbons (Fsp3) is 0.600. The van der Waals surface area contributed by atoms with Crippen LogP contribution in [0.15, 0.2) is 18.2 Å². The van der Waals surface area contributed by atoms with Crippen LogP contribution in [-0.4, -0.2) is 37.7 Å². The summed E-state index contributed by atoms with van der Waals surface area (Å²) in [4.78, 5) is 2.39. The van der Waals surface area contributed by atoms with E-state index in [-0.39, 0.29) is 5.82 Å². The van der Waals surface area contributed by atoms with E-state index in [0.29, 0.717) is 18.4 Å². The first-order valence-corrected chi connectivity index (χ1v) is 7.07. The summed E-state index contributed by atoms with van der Waals surface area (Å²) in [6, 6.07) is 5.21. The van der Waals surface area contributed by atoms with Crippen LogP contribution in [0, 0.1) is 5.82 Å². The van der Waals surface area contributed by atoms with Gasteiger partial charge in [-0.25, -0.2) is 4.39 Å². The average molecular weight is 266 g/mol. The maximum Gasteiger partial charge on any atom is 0.145 e. The molecule has 1 aliphatic heterocycles. The Morgan fingerprint density at radius 1 is 1.42 bits per heavy atom. The molecule has 1 unspecified atom stereocenters. The van der Waals surface area contributed by atoms with Gasteiger partial charge in [-0.2, -0.15) is 0 Å². The Kier molecular flexibility index (Phi) is 5.02. The molecule has 1 N–H and O–H groups in total. The standard InChI is InChI=1S/C15H23FN2O/c1-3-19-15-10-12(16)7-8-14(15)17-11-13-6-4-5-9-18(13)2/h7-8,10,13,17H,3-6,9,11H2,1-2H3. The molecular formula is C15H23FN2O. The van der Waals surface area contributed by atoms with Crippen molar-refractivity contribution in [3.05, 3.63) is 24.0 Å². The lowest BCUT2D eigenvalue weighted by Gasteiger charge is -2.32. The molecule has 0 saturated carbocycles. The van der Waals surface area contributed by atoms with Crippen molar-refractivity contribution in [2.24, 2.45) is 0 Å². The van der Waals surface area contributed by atoms with Gasteiger partial charge in [0.2, 0.25) is 0 Å². The van der Waals surface area contributed by atoms with E-state index in [1.165, 1.54) is 31.4 Å². The largest absolute Gasteiger partial charge is 0.492 e. The van der Waals surface area contributed by atoms with E-state index < -0.39 is 0 Å². The third-order valence-electron chi connectivity index (χ3n) is 3.69. The minimum atomic E-state index is -0.260. The molecule has 0 radical (unpaired) electrons. The van der Waals surface area contributed by atoms with Crippen molar-refractivity contribution in [3.63, 3.8) is 0 Å². The second-order valence-corrected chi connectivity index (χ2v) is 5.08. The smallest absolute Gasteiger partial charge is 0.145 e. The summed E-state index contributed by atoms with van der Waals surface area (Å²) in [6.07, 6.45) is 3.79.